The number of carbonyl (C=O) groups is 3. The molecule has 0 aliphatic carbocycles. The summed E-state index contributed by atoms with van der Waals surface area (Å²) in [5.74, 6) is 0.562. The van der Waals surface area contributed by atoms with Crippen LogP contribution in [0.2, 0.25) is 0 Å². The fourth-order valence-corrected chi connectivity index (χ4v) is 3.91. The van der Waals surface area contributed by atoms with Gasteiger partial charge in [-0.2, -0.15) is 0 Å². The summed E-state index contributed by atoms with van der Waals surface area (Å²) in [6.07, 6.45) is 0.798. The molecule has 1 aromatic carbocycles. The third-order valence-electron chi connectivity index (χ3n) is 4.61. The van der Waals surface area contributed by atoms with E-state index in [1.54, 1.807) is 21.9 Å². The van der Waals surface area contributed by atoms with Gasteiger partial charge in [-0.15, -0.1) is 11.3 Å². The van der Waals surface area contributed by atoms with Gasteiger partial charge in [-0.3, -0.25) is 14.4 Å². The molecule has 1 aliphatic heterocycles. The summed E-state index contributed by atoms with van der Waals surface area (Å²) in [4.78, 5) is 40.0. The molecule has 27 heavy (non-hydrogen) atoms. The van der Waals surface area contributed by atoms with Gasteiger partial charge in [-0.05, 0) is 48.6 Å². The van der Waals surface area contributed by atoms with Crippen LogP contribution in [-0.2, 0) is 4.79 Å². The zero-order valence-electron chi connectivity index (χ0n) is 15.4. The Morgan fingerprint density at radius 3 is 2.30 bits per heavy atom. The third-order valence-corrected chi connectivity index (χ3v) is 5.47. The SMILES string of the molecule is Cc1cc(C=O)cc(C)c1OCC(=O)N1CCN(C(=O)c2cccs2)CC1. The van der Waals surface area contributed by atoms with Crippen LogP contribution in [0.25, 0.3) is 0 Å². The highest BCUT2D eigenvalue weighted by Gasteiger charge is 2.25. The second-order valence-corrected chi connectivity index (χ2v) is 7.49. The first-order valence-electron chi connectivity index (χ1n) is 8.79. The fraction of sp³-hybridized carbons (Fsp3) is 0.350. The molecule has 1 aliphatic rings. The smallest absolute Gasteiger partial charge is 0.264 e. The maximum absolute atomic E-state index is 12.5. The van der Waals surface area contributed by atoms with E-state index in [4.69, 9.17) is 4.74 Å². The van der Waals surface area contributed by atoms with Gasteiger partial charge in [-0.25, -0.2) is 0 Å². The van der Waals surface area contributed by atoms with Gasteiger partial charge in [-0.1, -0.05) is 6.07 Å². The average Bonchev–Trinajstić information content (AvgIpc) is 3.21. The van der Waals surface area contributed by atoms with Gasteiger partial charge in [0.15, 0.2) is 6.61 Å². The van der Waals surface area contributed by atoms with Crippen LogP contribution < -0.4 is 4.74 Å². The molecule has 7 heteroatoms. The van der Waals surface area contributed by atoms with E-state index in [2.05, 4.69) is 0 Å². The van der Waals surface area contributed by atoms with E-state index >= 15 is 0 Å². The monoisotopic (exact) mass is 386 g/mol. The highest BCUT2D eigenvalue weighted by Crippen LogP contribution is 2.24. The minimum Gasteiger partial charge on any atom is -0.483 e. The lowest BCUT2D eigenvalue weighted by Gasteiger charge is -2.34. The largest absolute Gasteiger partial charge is 0.483 e. The number of ether oxygens (including phenoxy) is 1. The summed E-state index contributed by atoms with van der Waals surface area (Å²) in [5, 5.41) is 1.88. The van der Waals surface area contributed by atoms with Gasteiger partial charge >= 0.3 is 0 Å². The van der Waals surface area contributed by atoms with Gasteiger partial charge in [0.25, 0.3) is 11.8 Å². The molecular formula is C20H22N2O4S. The van der Waals surface area contributed by atoms with Crippen molar-refractivity contribution in [3.8, 4) is 5.75 Å². The Kier molecular flexibility index (Phi) is 5.91. The van der Waals surface area contributed by atoms with E-state index in [-0.39, 0.29) is 18.4 Å². The predicted molar refractivity (Wildman–Crippen MR) is 104 cm³/mol. The number of benzene rings is 1. The first-order valence-corrected chi connectivity index (χ1v) is 9.67. The number of piperazine rings is 1. The van der Waals surface area contributed by atoms with Crippen molar-refractivity contribution < 1.29 is 19.1 Å². The number of carbonyl (C=O) groups excluding carboxylic acids is 3. The Bertz CT molecular complexity index is 817. The molecular weight excluding hydrogens is 364 g/mol. The van der Waals surface area contributed by atoms with Gasteiger partial charge < -0.3 is 14.5 Å². The molecule has 1 saturated heterocycles. The van der Waals surface area contributed by atoms with Gasteiger partial charge in [0.2, 0.25) is 0 Å². The first kappa shape index (κ1) is 19.1. The molecule has 2 heterocycles. The number of aryl methyl sites for hydroxylation is 2. The van der Waals surface area contributed by atoms with Crippen molar-refractivity contribution in [2.75, 3.05) is 32.8 Å². The topological polar surface area (TPSA) is 66.9 Å². The van der Waals surface area contributed by atoms with Crippen molar-refractivity contribution in [3.05, 3.63) is 51.2 Å². The van der Waals surface area contributed by atoms with Crippen LogP contribution in [0, 0.1) is 13.8 Å². The van der Waals surface area contributed by atoms with E-state index in [0.717, 1.165) is 22.3 Å². The summed E-state index contributed by atoms with van der Waals surface area (Å²) in [6, 6.07) is 7.17. The zero-order valence-corrected chi connectivity index (χ0v) is 16.3. The summed E-state index contributed by atoms with van der Waals surface area (Å²) in [6.45, 7) is 5.70. The molecule has 0 spiro atoms. The number of hydrogen-bond acceptors (Lipinski definition) is 5. The molecule has 0 radical (unpaired) electrons. The number of rotatable bonds is 5. The maximum atomic E-state index is 12.5. The van der Waals surface area contributed by atoms with Crippen molar-refractivity contribution in [1.29, 1.82) is 0 Å². The number of nitrogens with zero attached hydrogens (tertiary/aromatic N) is 2. The number of thiophene rings is 1. The van der Waals surface area contributed by atoms with Crippen LogP contribution in [0.4, 0.5) is 0 Å². The van der Waals surface area contributed by atoms with Crippen molar-refractivity contribution in [2.45, 2.75) is 13.8 Å². The van der Waals surface area contributed by atoms with Crippen LogP contribution in [0.1, 0.15) is 31.2 Å². The molecule has 1 fully saturated rings. The average molecular weight is 386 g/mol. The van der Waals surface area contributed by atoms with E-state index in [9.17, 15) is 14.4 Å². The fourth-order valence-electron chi connectivity index (χ4n) is 3.22. The number of amides is 2. The molecule has 0 atom stereocenters. The van der Waals surface area contributed by atoms with Crippen molar-refractivity contribution in [1.82, 2.24) is 9.80 Å². The van der Waals surface area contributed by atoms with Crippen LogP contribution in [-0.4, -0.2) is 60.7 Å². The van der Waals surface area contributed by atoms with Crippen molar-refractivity contribution >= 4 is 29.4 Å². The maximum Gasteiger partial charge on any atom is 0.264 e. The Labute approximate surface area is 162 Å². The van der Waals surface area contributed by atoms with E-state index in [1.165, 1.54) is 11.3 Å². The van der Waals surface area contributed by atoms with Crippen LogP contribution in [0.15, 0.2) is 29.6 Å². The third kappa shape index (κ3) is 4.36. The van der Waals surface area contributed by atoms with Crippen LogP contribution in [0.3, 0.4) is 0 Å². The number of aldehydes is 1. The zero-order chi connectivity index (χ0) is 19.4. The molecule has 2 aromatic rings. The highest BCUT2D eigenvalue weighted by atomic mass is 32.1. The van der Waals surface area contributed by atoms with Gasteiger partial charge in [0.05, 0.1) is 4.88 Å². The lowest BCUT2D eigenvalue weighted by molar-refractivity contribution is -0.134. The summed E-state index contributed by atoms with van der Waals surface area (Å²) in [7, 11) is 0. The molecule has 142 valence electrons. The second-order valence-electron chi connectivity index (χ2n) is 6.54. The molecule has 0 N–H and O–H groups in total. The Morgan fingerprint density at radius 2 is 1.74 bits per heavy atom. The van der Waals surface area contributed by atoms with Crippen LogP contribution in [0.5, 0.6) is 5.75 Å². The Morgan fingerprint density at radius 1 is 1.11 bits per heavy atom. The Balaban J connectivity index is 1.53. The van der Waals surface area contributed by atoms with Gasteiger partial charge in [0, 0.05) is 31.7 Å². The lowest BCUT2D eigenvalue weighted by Crippen LogP contribution is -2.51. The van der Waals surface area contributed by atoms with E-state index in [0.29, 0.717) is 37.5 Å². The number of hydrogen-bond donors (Lipinski definition) is 0. The van der Waals surface area contributed by atoms with Crippen LogP contribution >= 0.6 is 11.3 Å². The molecule has 0 saturated carbocycles. The quantitative estimate of drug-likeness (QED) is 0.741. The van der Waals surface area contributed by atoms with Crippen molar-refractivity contribution in [3.63, 3.8) is 0 Å². The summed E-state index contributed by atoms with van der Waals surface area (Å²) in [5.41, 5.74) is 2.25. The van der Waals surface area contributed by atoms with E-state index in [1.807, 2.05) is 31.4 Å². The molecule has 3 rings (SSSR count). The molecule has 6 nitrogen and oxygen atoms in total. The summed E-state index contributed by atoms with van der Waals surface area (Å²) >= 11 is 1.43. The molecule has 0 unspecified atom stereocenters. The minimum atomic E-state index is -0.100. The first-order chi connectivity index (χ1) is 13.0. The standard InChI is InChI=1S/C20H22N2O4S/c1-14-10-16(12-23)11-15(2)19(14)26-13-18(24)21-5-7-22(8-6-21)20(25)17-4-3-9-27-17/h3-4,9-12H,5-8,13H2,1-2H3. The lowest BCUT2D eigenvalue weighted by atomic mass is 10.1. The highest BCUT2D eigenvalue weighted by molar-refractivity contribution is 7.12. The molecule has 2 amide bonds. The molecule has 1 aromatic heterocycles. The normalized spacial score (nSPS) is 14.1. The van der Waals surface area contributed by atoms with Crippen molar-refractivity contribution in [2.24, 2.45) is 0 Å². The summed E-state index contributed by atoms with van der Waals surface area (Å²) < 4.78 is 5.73. The Hall–Kier alpha value is -2.67. The second kappa shape index (κ2) is 8.35. The minimum absolute atomic E-state index is 0.0230. The molecule has 0 bridgehead atoms. The van der Waals surface area contributed by atoms with Gasteiger partial charge in [0.1, 0.15) is 12.0 Å². The van der Waals surface area contributed by atoms with E-state index < -0.39 is 0 Å². The predicted octanol–water partition coefficient (Wildman–Crippen LogP) is 2.54.